The molecular weight excluding hydrogens is 240 g/mol. The van der Waals surface area contributed by atoms with Crippen LogP contribution in [0.2, 0.25) is 0 Å². The Kier molecular flexibility index (Phi) is 6.55. The molecule has 0 N–H and O–H groups in total. The normalized spacial score (nSPS) is 10.7. The fourth-order valence-electron chi connectivity index (χ4n) is 2.11. The van der Waals surface area contributed by atoms with Crippen LogP contribution in [0, 0.1) is 5.41 Å². The molecule has 0 heteroatoms. The highest BCUT2D eigenvalue weighted by atomic mass is 14.2. The number of benzene rings is 1. The summed E-state index contributed by atoms with van der Waals surface area (Å²) in [7, 11) is 0. The number of hydrogen-bond acceptors (Lipinski definition) is 0. The molecule has 0 saturated carbocycles. The Hall–Kier alpha value is -1.52. The summed E-state index contributed by atoms with van der Waals surface area (Å²) in [6, 6.07) is 10.5. The van der Waals surface area contributed by atoms with Crippen LogP contribution in [0.4, 0.5) is 0 Å². The van der Waals surface area contributed by atoms with Crippen LogP contribution in [0.25, 0.3) is 5.57 Å². The average molecular weight is 268 g/mol. The highest BCUT2D eigenvalue weighted by Crippen LogP contribution is 2.27. The molecule has 0 aliphatic rings. The van der Waals surface area contributed by atoms with Crippen molar-refractivity contribution in [2.75, 3.05) is 0 Å². The van der Waals surface area contributed by atoms with Crippen molar-refractivity contribution in [1.29, 1.82) is 0 Å². The molecule has 0 nitrogen and oxygen atoms in total. The van der Waals surface area contributed by atoms with Gasteiger partial charge in [-0.15, -0.1) is 5.73 Å². The van der Waals surface area contributed by atoms with E-state index in [1.165, 1.54) is 29.6 Å². The third-order valence-electron chi connectivity index (χ3n) is 3.55. The van der Waals surface area contributed by atoms with Gasteiger partial charge in [0.25, 0.3) is 0 Å². The van der Waals surface area contributed by atoms with Crippen LogP contribution in [0.15, 0.2) is 53.8 Å². The maximum atomic E-state index is 3.43. The molecule has 0 radical (unpaired) electrons. The van der Waals surface area contributed by atoms with Gasteiger partial charge in [-0.3, -0.25) is 0 Å². The van der Waals surface area contributed by atoms with Crippen molar-refractivity contribution >= 4 is 5.57 Å². The lowest BCUT2D eigenvalue weighted by atomic mass is 9.84. The Morgan fingerprint density at radius 1 is 1.10 bits per heavy atom. The summed E-state index contributed by atoms with van der Waals surface area (Å²) >= 11 is 0. The third-order valence-corrected chi connectivity index (χ3v) is 3.55. The second kappa shape index (κ2) is 7.92. The Balaban J connectivity index is 2.60. The number of hydrogen-bond donors (Lipinski definition) is 0. The van der Waals surface area contributed by atoms with E-state index in [-0.39, 0.29) is 0 Å². The maximum absolute atomic E-state index is 3.43. The second-order valence-corrected chi connectivity index (χ2v) is 6.53. The lowest BCUT2D eigenvalue weighted by Crippen LogP contribution is -2.09. The molecule has 0 fully saturated rings. The Morgan fingerprint density at radius 3 is 2.35 bits per heavy atom. The van der Waals surface area contributed by atoms with Gasteiger partial charge in [0, 0.05) is 0 Å². The van der Waals surface area contributed by atoms with E-state index in [1.807, 2.05) is 6.07 Å². The molecular formula is C20H28. The van der Waals surface area contributed by atoms with Crippen LogP contribution in [0.5, 0.6) is 0 Å². The summed E-state index contributed by atoms with van der Waals surface area (Å²) in [5.41, 5.74) is 7.66. The quantitative estimate of drug-likeness (QED) is 0.413. The van der Waals surface area contributed by atoms with Crippen LogP contribution in [0.1, 0.15) is 59.4 Å². The van der Waals surface area contributed by atoms with Crippen molar-refractivity contribution < 1.29 is 0 Å². The molecule has 1 aromatic rings. The van der Waals surface area contributed by atoms with Crippen molar-refractivity contribution in [3.8, 4) is 0 Å². The zero-order valence-corrected chi connectivity index (χ0v) is 13.7. The van der Waals surface area contributed by atoms with E-state index in [4.69, 9.17) is 0 Å². The van der Waals surface area contributed by atoms with Gasteiger partial charge in [-0.2, -0.15) is 0 Å². The van der Waals surface area contributed by atoms with Crippen molar-refractivity contribution in [2.45, 2.75) is 53.9 Å². The summed E-state index contributed by atoms with van der Waals surface area (Å²) in [5, 5.41) is 0. The van der Waals surface area contributed by atoms with Crippen LogP contribution in [0.3, 0.4) is 0 Å². The van der Waals surface area contributed by atoms with Gasteiger partial charge >= 0.3 is 0 Å². The largest absolute Gasteiger partial charge is 0.121 e. The minimum absolute atomic E-state index is 0.343. The number of rotatable bonds is 6. The van der Waals surface area contributed by atoms with E-state index in [0.717, 1.165) is 6.42 Å². The predicted octanol–water partition coefficient (Wildman–Crippen LogP) is 6.41. The van der Waals surface area contributed by atoms with Crippen molar-refractivity contribution in [3.05, 3.63) is 59.4 Å². The zero-order chi connectivity index (χ0) is 15.0. The van der Waals surface area contributed by atoms with E-state index < -0.39 is 0 Å². The van der Waals surface area contributed by atoms with Gasteiger partial charge in [0.05, 0.1) is 0 Å². The fraction of sp³-hybridized carbons (Fsp3) is 0.450. The summed E-state index contributed by atoms with van der Waals surface area (Å²) in [6.45, 7) is 11.1. The van der Waals surface area contributed by atoms with E-state index in [1.54, 1.807) is 0 Å². The first kappa shape index (κ1) is 16.5. The molecule has 1 rings (SSSR count). The predicted molar refractivity (Wildman–Crippen MR) is 90.7 cm³/mol. The molecule has 0 aromatic heterocycles. The molecule has 20 heavy (non-hydrogen) atoms. The van der Waals surface area contributed by atoms with Crippen LogP contribution in [-0.4, -0.2) is 0 Å². The molecule has 0 bridgehead atoms. The Bertz CT molecular complexity index is 490. The molecule has 0 saturated heterocycles. The first-order valence-corrected chi connectivity index (χ1v) is 7.51. The van der Waals surface area contributed by atoms with E-state index in [2.05, 4.69) is 76.8 Å². The van der Waals surface area contributed by atoms with Gasteiger partial charge in [-0.25, -0.2) is 0 Å². The minimum atomic E-state index is 0.343. The number of allylic oxidation sites excluding steroid dienone is 3. The van der Waals surface area contributed by atoms with Gasteiger partial charge in [0.15, 0.2) is 0 Å². The van der Waals surface area contributed by atoms with E-state index in [0.29, 0.717) is 5.41 Å². The zero-order valence-electron chi connectivity index (χ0n) is 13.7. The summed E-state index contributed by atoms with van der Waals surface area (Å²) < 4.78 is 0. The molecule has 0 atom stereocenters. The lowest BCUT2D eigenvalue weighted by Gasteiger charge is -2.21. The Morgan fingerprint density at radius 2 is 1.75 bits per heavy atom. The van der Waals surface area contributed by atoms with Crippen molar-refractivity contribution in [2.24, 2.45) is 5.41 Å². The molecule has 0 unspecified atom stereocenters. The molecule has 0 heterocycles. The highest BCUT2D eigenvalue weighted by Gasteiger charge is 2.14. The monoisotopic (exact) mass is 268 g/mol. The molecule has 0 aliphatic heterocycles. The summed E-state index contributed by atoms with van der Waals surface area (Å²) in [5.74, 6) is 0. The lowest BCUT2D eigenvalue weighted by molar-refractivity contribution is 0.343. The molecule has 0 aliphatic carbocycles. The van der Waals surface area contributed by atoms with Gasteiger partial charge in [-0.1, -0.05) is 55.8 Å². The molecule has 0 amide bonds. The van der Waals surface area contributed by atoms with Gasteiger partial charge in [-0.05, 0) is 62.7 Å². The minimum Gasteiger partial charge on any atom is -0.121 e. The standard InChI is InChI=1S/C20H28/c1-17(2)11-9-15-20(4,5)16-10-12-18(3)19-13-7-6-8-14-19/h6-8,10-11,13-14H,9,15-16H2,1-5H3. The smallest absolute Gasteiger partial charge is 0.00224 e. The van der Waals surface area contributed by atoms with E-state index >= 15 is 0 Å². The van der Waals surface area contributed by atoms with Crippen LogP contribution in [-0.2, 0) is 0 Å². The van der Waals surface area contributed by atoms with Crippen molar-refractivity contribution in [3.63, 3.8) is 0 Å². The van der Waals surface area contributed by atoms with Gasteiger partial charge in [0.1, 0.15) is 0 Å². The topological polar surface area (TPSA) is 0 Å². The van der Waals surface area contributed by atoms with Gasteiger partial charge in [0.2, 0.25) is 0 Å². The molecule has 108 valence electrons. The van der Waals surface area contributed by atoms with Crippen LogP contribution >= 0.6 is 0 Å². The summed E-state index contributed by atoms with van der Waals surface area (Å²) in [6.07, 6.45) is 8.00. The first-order chi connectivity index (χ1) is 9.41. The van der Waals surface area contributed by atoms with E-state index in [9.17, 15) is 0 Å². The summed E-state index contributed by atoms with van der Waals surface area (Å²) in [4.78, 5) is 0. The first-order valence-electron chi connectivity index (χ1n) is 7.51. The maximum Gasteiger partial charge on any atom is -0.00224 e. The highest BCUT2D eigenvalue weighted by molar-refractivity contribution is 5.62. The molecule has 1 aromatic carbocycles. The fourth-order valence-corrected chi connectivity index (χ4v) is 2.11. The SMILES string of the molecule is CC(=C=CCC(C)(C)CCC=C(C)C)c1ccccc1. The molecule has 0 spiro atoms. The van der Waals surface area contributed by atoms with Gasteiger partial charge < -0.3 is 0 Å². The average Bonchev–Trinajstić information content (AvgIpc) is 2.38. The van der Waals surface area contributed by atoms with Crippen LogP contribution < -0.4 is 0 Å². The third kappa shape index (κ3) is 6.59. The Labute approximate surface area is 124 Å². The second-order valence-electron chi connectivity index (χ2n) is 6.53. The van der Waals surface area contributed by atoms with Crippen molar-refractivity contribution in [1.82, 2.24) is 0 Å².